The highest BCUT2D eigenvalue weighted by Gasteiger charge is 2.06. The van der Waals surface area contributed by atoms with Gasteiger partial charge in [-0.25, -0.2) is 13.8 Å². The van der Waals surface area contributed by atoms with Crippen LogP contribution in [0.5, 0.6) is 0 Å². The van der Waals surface area contributed by atoms with Crippen LogP contribution in [0.4, 0.5) is 8.78 Å². The van der Waals surface area contributed by atoms with Crippen LogP contribution in [-0.4, -0.2) is 29.0 Å². The molecule has 0 radical (unpaired) electrons. The summed E-state index contributed by atoms with van der Waals surface area (Å²) in [6.45, 7) is 2.99. The molecule has 0 fully saturated rings. The lowest BCUT2D eigenvalue weighted by molar-refractivity contribution is 0.585. The summed E-state index contributed by atoms with van der Waals surface area (Å²) in [5.41, 5.74) is 0.185. The molecule has 0 heterocycles. The van der Waals surface area contributed by atoms with Crippen molar-refractivity contribution in [3.8, 4) is 0 Å². The van der Waals surface area contributed by atoms with Crippen molar-refractivity contribution < 1.29 is 13.0 Å². The fourth-order valence-electron chi connectivity index (χ4n) is 2.12. The van der Waals surface area contributed by atoms with Gasteiger partial charge in [-0.2, -0.15) is 0 Å². The second-order valence-corrected chi connectivity index (χ2v) is 6.79. The van der Waals surface area contributed by atoms with Gasteiger partial charge in [-0.15, -0.1) is 0 Å². The number of halogens is 2. The summed E-state index contributed by atoms with van der Waals surface area (Å²) in [6.07, 6.45) is 0. The second-order valence-electron chi connectivity index (χ2n) is 5.22. The highest BCUT2D eigenvalue weighted by Crippen LogP contribution is 2.10. The zero-order valence-corrected chi connectivity index (χ0v) is 14.8. The first-order valence-corrected chi connectivity index (χ1v) is 9.31. The van der Waals surface area contributed by atoms with Crippen molar-refractivity contribution in [1.82, 2.24) is 10.6 Å². The highest BCUT2D eigenvalue weighted by atomic mass is 32.2. The molecule has 2 aromatic carbocycles. The standard InChI is InChI=1S/C18H21F2N3OS/c1-2-21-18(23-13-14-12-15(19)8-9-17(14)20)22-10-11-25(24)16-6-4-3-5-7-16/h3-9,12H,2,10-11,13H2,1H3,(H2,21,22,23). The Morgan fingerprint density at radius 3 is 2.60 bits per heavy atom. The van der Waals surface area contributed by atoms with Gasteiger partial charge in [-0.3, -0.25) is 4.21 Å². The van der Waals surface area contributed by atoms with Gasteiger partial charge in [-0.05, 0) is 37.3 Å². The van der Waals surface area contributed by atoms with E-state index in [4.69, 9.17) is 0 Å². The first-order valence-electron chi connectivity index (χ1n) is 7.99. The molecule has 0 aliphatic carbocycles. The molecule has 0 aromatic heterocycles. The first kappa shape index (κ1) is 19.1. The van der Waals surface area contributed by atoms with E-state index in [9.17, 15) is 13.0 Å². The van der Waals surface area contributed by atoms with E-state index in [-0.39, 0.29) is 12.1 Å². The Balaban J connectivity index is 1.91. The minimum Gasteiger partial charge on any atom is -0.357 e. The maximum atomic E-state index is 13.6. The third kappa shape index (κ3) is 6.26. The normalized spacial score (nSPS) is 12.7. The summed E-state index contributed by atoms with van der Waals surface area (Å²) in [5, 5.41) is 6.08. The fourth-order valence-corrected chi connectivity index (χ4v) is 3.11. The van der Waals surface area contributed by atoms with Crippen molar-refractivity contribution in [2.75, 3.05) is 18.8 Å². The van der Waals surface area contributed by atoms with E-state index >= 15 is 0 Å². The molecule has 1 atom stereocenters. The second kappa shape index (κ2) is 9.88. The van der Waals surface area contributed by atoms with Crippen LogP contribution in [0.1, 0.15) is 12.5 Å². The molecule has 0 spiro atoms. The van der Waals surface area contributed by atoms with E-state index in [0.29, 0.717) is 24.8 Å². The Labute approximate surface area is 148 Å². The Kier molecular flexibility index (Phi) is 7.53. The highest BCUT2D eigenvalue weighted by molar-refractivity contribution is 7.85. The van der Waals surface area contributed by atoms with Crippen molar-refractivity contribution in [2.24, 2.45) is 4.99 Å². The molecular weight excluding hydrogens is 344 g/mol. The number of nitrogens with one attached hydrogen (secondary N) is 2. The molecule has 2 aromatic rings. The van der Waals surface area contributed by atoms with Crippen LogP contribution in [0.3, 0.4) is 0 Å². The maximum Gasteiger partial charge on any atom is 0.191 e. The molecule has 0 bridgehead atoms. The smallest absolute Gasteiger partial charge is 0.191 e. The molecule has 134 valence electrons. The number of hydrogen-bond donors (Lipinski definition) is 2. The third-order valence-electron chi connectivity index (χ3n) is 3.35. The van der Waals surface area contributed by atoms with Gasteiger partial charge in [0.2, 0.25) is 0 Å². The van der Waals surface area contributed by atoms with Crippen LogP contribution in [0.2, 0.25) is 0 Å². The molecule has 0 saturated carbocycles. The zero-order chi connectivity index (χ0) is 18.1. The van der Waals surface area contributed by atoms with Gasteiger partial charge in [0.25, 0.3) is 0 Å². The largest absolute Gasteiger partial charge is 0.357 e. The van der Waals surface area contributed by atoms with E-state index in [1.165, 1.54) is 0 Å². The zero-order valence-electron chi connectivity index (χ0n) is 14.0. The van der Waals surface area contributed by atoms with Crippen molar-refractivity contribution in [2.45, 2.75) is 18.4 Å². The SMILES string of the molecule is CCNC(=NCc1cc(F)ccc1F)NCCS(=O)c1ccccc1. The molecule has 2 rings (SSSR count). The lowest BCUT2D eigenvalue weighted by atomic mass is 10.2. The number of rotatable bonds is 7. The molecule has 0 aliphatic heterocycles. The topological polar surface area (TPSA) is 53.5 Å². The quantitative estimate of drug-likeness (QED) is 0.586. The summed E-state index contributed by atoms with van der Waals surface area (Å²) < 4.78 is 39.0. The average molecular weight is 365 g/mol. The molecule has 25 heavy (non-hydrogen) atoms. The third-order valence-corrected chi connectivity index (χ3v) is 4.72. The number of guanidine groups is 1. The Morgan fingerprint density at radius 2 is 1.88 bits per heavy atom. The summed E-state index contributed by atoms with van der Waals surface area (Å²) in [7, 11) is -1.11. The van der Waals surface area contributed by atoms with Crippen LogP contribution in [0.25, 0.3) is 0 Å². The van der Waals surface area contributed by atoms with Gasteiger partial charge >= 0.3 is 0 Å². The van der Waals surface area contributed by atoms with Crippen LogP contribution in [0, 0.1) is 11.6 Å². The van der Waals surface area contributed by atoms with Crippen LogP contribution in [-0.2, 0) is 17.3 Å². The van der Waals surface area contributed by atoms with Gasteiger partial charge in [-0.1, -0.05) is 18.2 Å². The van der Waals surface area contributed by atoms with Crippen LogP contribution >= 0.6 is 0 Å². The minimum atomic E-state index is -1.11. The number of aliphatic imine (C=N–C) groups is 1. The van der Waals surface area contributed by atoms with Crippen LogP contribution < -0.4 is 10.6 Å². The number of nitrogens with zero attached hydrogens (tertiary/aromatic N) is 1. The average Bonchev–Trinajstić information content (AvgIpc) is 2.63. The number of hydrogen-bond acceptors (Lipinski definition) is 2. The van der Waals surface area contributed by atoms with Crippen molar-refractivity contribution in [1.29, 1.82) is 0 Å². The van der Waals surface area contributed by atoms with Crippen molar-refractivity contribution >= 4 is 16.8 Å². The van der Waals surface area contributed by atoms with Gasteiger partial charge < -0.3 is 10.6 Å². The molecule has 0 amide bonds. The van der Waals surface area contributed by atoms with E-state index in [2.05, 4.69) is 15.6 Å². The predicted molar refractivity (Wildman–Crippen MR) is 96.9 cm³/mol. The Morgan fingerprint density at radius 1 is 1.12 bits per heavy atom. The van der Waals surface area contributed by atoms with E-state index in [1.807, 2.05) is 37.3 Å². The summed E-state index contributed by atoms with van der Waals surface area (Å²) >= 11 is 0. The lowest BCUT2D eigenvalue weighted by Crippen LogP contribution is -2.39. The lowest BCUT2D eigenvalue weighted by Gasteiger charge is -2.11. The summed E-state index contributed by atoms with van der Waals surface area (Å²) in [6, 6.07) is 12.5. The molecule has 0 aliphatic rings. The molecular formula is C18H21F2N3OS. The van der Waals surface area contributed by atoms with Crippen molar-refractivity contribution in [3.63, 3.8) is 0 Å². The first-order chi connectivity index (χ1) is 12.1. The summed E-state index contributed by atoms with van der Waals surface area (Å²) in [5.74, 6) is -0.104. The van der Waals surface area contributed by atoms with Crippen LogP contribution in [0.15, 0.2) is 58.4 Å². The summed E-state index contributed by atoms with van der Waals surface area (Å²) in [4.78, 5) is 5.02. The van der Waals surface area contributed by atoms with Gasteiger partial charge in [0, 0.05) is 29.3 Å². The minimum absolute atomic E-state index is 0.0146. The van der Waals surface area contributed by atoms with Gasteiger partial charge in [0.15, 0.2) is 5.96 Å². The predicted octanol–water partition coefficient (Wildman–Crippen LogP) is 2.83. The van der Waals surface area contributed by atoms with Gasteiger partial charge in [0.05, 0.1) is 17.3 Å². The van der Waals surface area contributed by atoms with Gasteiger partial charge in [0.1, 0.15) is 11.6 Å². The van der Waals surface area contributed by atoms with E-state index in [0.717, 1.165) is 23.1 Å². The molecule has 0 saturated heterocycles. The monoisotopic (exact) mass is 365 g/mol. The van der Waals surface area contributed by atoms with Crippen molar-refractivity contribution in [3.05, 3.63) is 65.7 Å². The molecule has 1 unspecified atom stereocenters. The fraction of sp³-hybridized carbons (Fsp3) is 0.278. The Hall–Kier alpha value is -2.28. The molecule has 2 N–H and O–H groups in total. The molecule has 4 nitrogen and oxygen atoms in total. The number of benzene rings is 2. The van der Waals surface area contributed by atoms with E-state index < -0.39 is 22.4 Å². The Bertz CT molecular complexity index is 738. The maximum absolute atomic E-state index is 13.6. The molecule has 7 heteroatoms. The van der Waals surface area contributed by atoms with E-state index in [1.54, 1.807) is 0 Å².